The van der Waals surface area contributed by atoms with Crippen LogP contribution in [-0.4, -0.2) is 20.2 Å². The molecular weight excluding hydrogens is 304 g/mol. The maximum Gasteiger partial charge on any atom is 0.150 e. The van der Waals surface area contributed by atoms with E-state index in [2.05, 4.69) is 36.1 Å². The minimum Gasteiger partial charge on any atom is -0.506 e. The number of pyridine rings is 1. The van der Waals surface area contributed by atoms with Gasteiger partial charge >= 0.3 is 0 Å². The molecule has 0 bridgehead atoms. The lowest BCUT2D eigenvalue weighted by molar-refractivity contribution is 0.274. The smallest absolute Gasteiger partial charge is 0.150 e. The third-order valence-electron chi connectivity index (χ3n) is 3.19. The van der Waals surface area contributed by atoms with Gasteiger partial charge in [0.05, 0.1) is 18.0 Å². The maximum atomic E-state index is 9.94. The molecule has 21 heavy (non-hydrogen) atoms. The Labute approximate surface area is 133 Å². The third-order valence-corrected chi connectivity index (χ3v) is 5.26. The van der Waals surface area contributed by atoms with E-state index >= 15 is 0 Å². The van der Waals surface area contributed by atoms with Gasteiger partial charge in [0.2, 0.25) is 0 Å². The molecule has 114 valence electrons. The average Bonchev–Trinajstić information content (AvgIpc) is 2.89. The number of aryl methyl sites for hydroxylation is 1. The van der Waals surface area contributed by atoms with Crippen LogP contribution in [0, 0.1) is 6.92 Å². The van der Waals surface area contributed by atoms with E-state index in [1.54, 1.807) is 36.2 Å². The maximum absolute atomic E-state index is 9.94. The SMILES string of the molecule is Cc1ncc(CSc2nc(C(C)(C)C)cs2)c(CO)c1O. The Kier molecular flexibility index (Phi) is 4.91. The molecule has 4 nitrogen and oxygen atoms in total. The highest BCUT2D eigenvalue weighted by molar-refractivity contribution is 8.00. The lowest BCUT2D eigenvalue weighted by Crippen LogP contribution is -2.11. The van der Waals surface area contributed by atoms with Crippen molar-refractivity contribution in [1.29, 1.82) is 0 Å². The number of aliphatic hydroxyl groups excluding tert-OH is 1. The Bertz CT molecular complexity index is 633. The molecule has 2 aromatic heterocycles. The minimum atomic E-state index is -0.184. The van der Waals surface area contributed by atoms with Gasteiger partial charge in [0, 0.05) is 28.3 Å². The Morgan fingerprint density at radius 2 is 2.05 bits per heavy atom. The first-order valence-electron chi connectivity index (χ1n) is 6.69. The zero-order valence-corrected chi connectivity index (χ0v) is 14.3. The van der Waals surface area contributed by atoms with Crippen LogP contribution in [0.25, 0.3) is 0 Å². The van der Waals surface area contributed by atoms with Crippen LogP contribution in [0.2, 0.25) is 0 Å². The van der Waals surface area contributed by atoms with Crippen LogP contribution in [0.3, 0.4) is 0 Å². The molecule has 0 saturated carbocycles. The van der Waals surface area contributed by atoms with Crippen molar-refractivity contribution in [2.45, 2.75) is 49.8 Å². The van der Waals surface area contributed by atoms with Crippen LogP contribution in [0.15, 0.2) is 15.9 Å². The van der Waals surface area contributed by atoms with Crippen molar-refractivity contribution in [3.05, 3.63) is 34.1 Å². The van der Waals surface area contributed by atoms with E-state index in [4.69, 9.17) is 0 Å². The molecule has 0 aromatic carbocycles. The molecule has 6 heteroatoms. The molecule has 2 heterocycles. The number of hydrogen-bond donors (Lipinski definition) is 2. The van der Waals surface area contributed by atoms with E-state index in [0.29, 0.717) is 17.0 Å². The molecule has 0 radical (unpaired) electrons. The molecule has 2 aromatic rings. The number of aromatic hydroxyl groups is 1. The van der Waals surface area contributed by atoms with Crippen molar-refractivity contribution in [3.8, 4) is 5.75 Å². The topological polar surface area (TPSA) is 66.2 Å². The highest BCUT2D eigenvalue weighted by atomic mass is 32.2. The molecule has 0 spiro atoms. The predicted molar refractivity (Wildman–Crippen MR) is 86.9 cm³/mol. The second kappa shape index (κ2) is 6.34. The quantitative estimate of drug-likeness (QED) is 0.841. The standard InChI is InChI=1S/C15H20N2O2S2/c1-9-13(19)11(6-18)10(5-16-9)7-20-14-17-12(8-21-14)15(2,3)4/h5,8,18-19H,6-7H2,1-4H3. The van der Waals surface area contributed by atoms with Crippen molar-refractivity contribution in [2.75, 3.05) is 0 Å². The van der Waals surface area contributed by atoms with Crippen molar-refractivity contribution in [3.63, 3.8) is 0 Å². The van der Waals surface area contributed by atoms with Crippen molar-refractivity contribution >= 4 is 23.1 Å². The van der Waals surface area contributed by atoms with Gasteiger partial charge in [0.25, 0.3) is 0 Å². The second-order valence-electron chi connectivity index (χ2n) is 5.89. The van der Waals surface area contributed by atoms with Gasteiger partial charge in [0.15, 0.2) is 0 Å². The van der Waals surface area contributed by atoms with E-state index in [0.717, 1.165) is 15.6 Å². The van der Waals surface area contributed by atoms with Crippen LogP contribution in [0.1, 0.15) is 43.3 Å². The van der Waals surface area contributed by atoms with Crippen molar-refractivity contribution in [1.82, 2.24) is 9.97 Å². The molecule has 2 rings (SSSR count). The molecule has 0 aliphatic heterocycles. The van der Waals surface area contributed by atoms with Crippen LogP contribution in [0.5, 0.6) is 5.75 Å². The number of hydrogen-bond acceptors (Lipinski definition) is 6. The molecule has 0 atom stereocenters. The summed E-state index contributed by atoms with van der Waals surface area (Å²) in [5, 5.41) is 21.4. The van der Waals surface area contributed by atoms with E-state index < -0.39 is 0 Å². The zero-order chi connectivity index (χ0) is 15.6. The summed E-state index contributed by atoms with van der Waals surface area (Å²) in [5.74, 6) is 0.721. The fourth-order valence-electron chi connectivity index (χ4n) is 1.79. The normalized spacial score (nSPS) is 11.9. The van der Waals surface area contributed by atoms with E-state index in [1.165, 1.54) is 0 Å². The van der Waals surface area contributed by atoms with E-state index in [1.807, 2.05) is 0 Å². The molecule has 0 aliphatic carbocycles. The van der Waals surface area contributed by atoms with Gasteiger partial charge in [-0.05, 0) is 12.5 Å². The third kappa shape index (κ3) is 3.75. The summed E-state index contributed by atoms with van der Waals surface area (Å²) in [5.41, 5.74) is 3.08. The number of thioether (sulfide) groups is 1. The van der Waals surface area contributed by atoms with Crippen molar-refractivity contribution < 1.29 is 10.2 Å². The molecule has 0 fully saturated rings. The molecule has 2 N–H and O–H groups in total. The lowest BCUT2D eigenvalue weighted by Gasteiger charge is -2.14. The van der Waals surface area contributed by atoms with Crippen LogP contribution >= 0.6 is 23.1 Å². The molecule has 0 amide bonds. The number of aliphatic hydroxyl groups is 1. The first kappa shape index (κ1) is 16.3. The molecule has 0 unspecified atom stereocenters. The fourth-order valence-corrected chi connectivity index (χ4v) is 3.85. The summed E-state index contributed by atoms with van der Waals surface area (Å²) in [6, 6.07) is 0. The Balaban J connectivity index is 2.14. The monoisotopic (exact) mass is 324 g/mol. The van der Waals surface area contributed by atoms with Gasteiger partial charge in [0.1, 0.15) is 10.1 Å². The molecule has 0 saturated heterocycles. The average molecular weight is 324 g/mol. The predicted octanol–water partition coefficient (Wildman–Crippen LogP) is 3.63. The van der Waals surface area contributed by atoms with Crippen molar-refractivity contribution in [2.24, 2.45) is 0 Å². The van der Waals surface area contributed by atoms with Gasteiger partial charge in [-0.25, -0.2) is 4.98 Å². The number of nitrogens with zero attached hydrogens (tertiary/aromatic N) is 2. The van der Waals surface area contributed by atoms with Crippen LogP contribution in [-0.2, 0) is 17.8 Å². The summed E-state index contributed by atoms with van der Waals surface area (Å²) < 4.78 is 0.990. The van der Waals surface area contributed by atoms with Crippen LogP contribution in [0.4, 0.5) is 0 Å². The van der Waals surface area contributed by atoms with E-state index in [9.17, 15) is 10.2 Å². The highest BCUT2D eigenvalue weighted by Crippen LogP contribution is 2.33. The summed E-state index contributed by atoms with van der Waals surface area (Å²) in [4.78, 5) is 8.78. The second-order valence-corrected chi connectivity index (χ2v) is 7.97. The number of aromatic nitrogens is 2. The van der Waals surface area contributed by atoms with Gasteiger partial charge in [-0.3, -0.25) is 4.98 Å². The number of rotatable bonds is 4. The molecule has 0 aliphatic rings. The lowest BCUT2D eigenvalue weighted by atomic mass is 9.93. The van der Waals surface area contributed by atoms with E-state index in [-0.39, 0.29) is 17.8 Å². The first-order chi connectivity index (χ1) is 9.82. The van der Waals surface area contributed by atoms with Gasteiger partial charge < -0.3 is 10.2 Å². The van der Waals surface area contributed by atoms with Gasteiger partial charge in [-0.15, -0.1) is 11.3 Å². The minimum absolute atomic E-state index is 0.0508. The summed E-state index contributed by atoms with van der Waals surface area (Å²) in [6.45, 7) is 7.96. The van der Waals surface area contributed by atoms with Crippen LogP contribution < -0.4 is 0 Å². The summed E-state index contributed by atoms with van der Waals surface area (Å²) in [6.07, 6.45) is 1.71. The summed E-state index contributed by atoms with van der Waals surface area (Å²) in [7, 11) is 0. The zero-order valence-electron chi connectivity index (χ0n) is 12.7. The molecular formula is C15H20N2O2S2. The number of thiazole rings is 1. The highest BCUT2D eigenvalue weighted by Gasteiger charge is 2.18. The Morgan fingerprint density at radius 3 is 2.62 bits per heavy atom. The van der Waals surface area contributed by atoms with Gasteiger partial charge in [-0.2, -0.15) is 0 Å². The Morgan fingerprint density at radius 1 is 1.33 bits per heavy atom. The fraction of sp³-hybridized carbons (Fsp3) is 0.467. The largest absolute Gasteiger partial charge is 0.506 e. The first-order valence-corrected chi connectivity index (χ1v) is 8.55. The Hall–Kier alpha value is -1.11. The van der Waals surface area contributed by atoms with Gasteiger partial charge in [-0.1, -0.05) is 32.5 Å². The summed E-state index contributed by atoms with van der Waals surface area (Å²) >= 11 is 3.22.